The lowest BCUT2D eigenvalue weighted by Crippen LogP contribution is -2.49. The van der Waals surface area contributed by atoms with Crippen LogP contribution in [0.4, 0.5) is 0 Å². The molecule has 1 aliphatic heterocycles. The number of nitrogens with zero attached hydrogens (tertiary/aromatic N) is 3. The van der Waals surface area contributed by atoms with Crippen LogP contribution in [-0.4, -0.2) is 52.2 Å². The summed E-state index contributed by atoms with van der Waals surface area (Å²) in [5.41, 5.74) is 0. The monoisotopic (exact) mass is 265 g/mol. The molecule has 1 saturated heterocycles. The summed E-state index contributed by atoms with van der Waals surface area (Å²) in [6.07, 6.45) is 2.79. The second-order valence-corrected chi connectivity index (χ2v) is 5.46. The van der Waals surface area contributed by atoms with Gasteiger partial charge in [0.15, 0.2) is 0 Å². The van der Waals surface area contributed by atoms with Crippen molar-refractivity contribution in [3.8, 4) is 0 Å². The molecule has 6 heteroatoms. The lowest BCUT2D eigenvalue weighted by molar-refractivity contribution is 0.0873. The van der Waals surface area contributed by atoms with E-state index in [9.17, 15) is 4.79 Å². The third-order valence-electron chi connectivity index (χ3n) is 3.65. The molecule has 0 saturated carbocycles. The van der Waals surface area contributed by atoms with Gasteiger partial charge in [-0.05, 0) is 32.4 Å². The number of aromatic amines is 1. The Bertz CT molecular complexity index is 430. The van der Waals surface area contributed by atoms with Crippen LogP contribution in [0.1, 0.15) is 43.1 Å². The quantitative estimate of drug-likeness (QED) is 0.845. The summed E-state index contributed by atoms with van der Waals surface area (Å²) in [5.74, 6) is 1.33. The third-order valence-corrected chi connectivity index (χ3v) is 3.65. The summed E-state index contributed by atoms with van der Waals surface area (Å²) in [5, 5.41) is 9.84. The van der Waals surface area contributed by atoms with E-state index < -0.39 is 0 Å². The molecular formula is C13H23N5O. The first-order chi connectivity index (χ1) is 9.10. The van der Waals surface area contributed by atoms with Crippen molar-refractivity contribution in [1.29, 1.82) is 0 Å². The minimum Gasteiger partial charge on any atom is -0.346 e. The highest BCUT2D eigenvalue weighted by atomic mass is 16.2. The number of hydrogen-bond donors (Lipinski definition) is 2. The minimum atomic E-state index is -0.167. The van der Waals surface area contributed by atoms with Gasteiger partial charge < -0.3 is 10.2 Å². The SMILES string of the molecule is CCCc1nc(C(=O)NC2CCN(C)CC2C)n[nH]1. The van der Waals surface area contributed by atoms with Crippen LogP contribution in [0, 0.1) is 5.92 Å². The maximum atomic E-state index is 12.1. The molecule has 2 N–H and O–H groups in total. The fourth-order valence-corrected chi connectivity index (χ4v) is 2.55. The molecule has 2 atom stereocenters. The smallest absolute Gasteiger partial charge is 0.291 e. The van der Waals surface area contributed by atoms with Gasteiger partial charge in [0.05, 0.1) is 0 Å². The van der Waals surface area contributed by atoms with Crippen LogP contribution in [0.2, 0.25) is 0 Å². The van der Waals surface area contributed by atoms with E-state index in [1.807, 2.05) is 0 Å². The van der Waals surface area contributed by atoms with Gasteiger partial charge in [-0.15, -0.1) is 5.10 Å². The number of carbonyl (C=O) groups is 1. The molecular weight excluding hydrogens is 242 g/mol. The third kappa shape index (κ3) is 3.53. The molecule has 0 spiro atoms. The van der Waals surface area contributed by atoms with E-state index in [1.165, 1.54) is 0 Å². The van der Waals surface area contributed by atoms with Gasteiger partial charge >= 0.3 is 0 Å². The van der Waals surface area contributed by atoms with Crippen LogP contribution in [0.25, 0.3) is 0 Å². The van der Waals surface area contributed by atoms with Gasteiger partial charge in [0.1, 0.15) is 5.82 Å². The normalized spacial score (nSPS) is 24.4. The zero-order chi connectivity index (χ0) is 13.8. The first kappa shape index (κ1) is 14.0. The van der Waals surface area contributed by atoms with Gasteiger partial charge in [-0.2, -0.15) is 0 Å². The van der Waals surface area contributed by atoms with Crippen molar-refractivity contribution in [2.75, 3.05) is 20.1 Å². The summed E-state index contributed by atoms with van der Waals surface area (Å²) in [6.45, 7) is 6.27. The van der Waals surface area contributed by atoms with E-state index in [4.69, 9.17) is 0 Å². The average Bonchev–Trinajstić information content (AvgIpc) is 2.82. The maximum absolute atomic E-state index is 12.1. The number of piperidine rings is 1. The Morgan fingerprint density at radius 2 is 2.37 bits per heavy atom. The fraction of sp³-hybridized carbons (Fsp3) is 0.769. The molecule has 1 aliphatic rings. The van der Waals surface area contributed by atoms with Crippen LogP contribution < -0.4 is 5.32 Å². The van der Waals surface area contributed by atoms with Gasteiger partial charge in [-0.1, -0.05) is 13.8 Å². The number of carbonyl (C=O) groups excluding carboxylic acids is 1. The van der Waals surface area contributed by atoms with E-state index >= 15 is 0 Å². The summed E-state index contributed by atoms with van der Waals surface area (Å²) < 4.78 is 0. The summed E-state index contributed by atoms with van der Waals surface area (Å²) in [6, 6.07) is 0.219. The summed E-state index contributed by atoms with van der Waals surface area (Å²) in [4.78, 5) is 18.6. The lowest BCUT2D eigenvalue weighted by atomic mass is 9.94. The van der Waals surface area contributed by atoms with Crippen LogP contribution in [0.3, 0.4) is 0 Å². The Morgan fingerprint density at radius 3 is 3.05 bits per heavy atom. The second-order valence-electron chi connectivity index (χ2n) is 5.46. The van der Waals surface area contributed by atoms with Crippen molar-refractivity contribution in [2.45, 2.75) is 39.2 Å². The van der Waals surface area contributed by atoms with Crippen LogP contribution in [0.15, 0.2) is 0 Å². The number of H-pyrrole nitrogens is 1. The highest BCUT2D eigenvalue weighted by Gasteiger charge is 2.26. The molecule has 1 aromatic heterocycles. The number of nitrogens with one attached hydrogen (secondary N) is 2. The van der Waals surface area contributed by atoms with Gasteiger partial charge in [0.2, 0.25) is 5.82 Å². The van der Waals surface area contributed by atoms with Gasteiger partial charge in [-0.25, -0.2) is 4.98 Å². The molecule has 2 rings (SSSR count). The fourth-order valence-electron chi connectivity index (χ4n) is 2.55. The van der Waals surface area contributed by atoms with Gasteiger partial charge in [-0.3, -0.25) is 9.89 Å². The lowest BCUT2D eigenvalue weighted by Gasteiger charge is -2.34. The number of likely N-dealkylation sites (tertiary alicyclic amines) is 1. The highest BCUT2D eigenvalue weighted by Crippen LogP contribution is 2.15. The first-order valence-corrected chi connectivity index (χ1v) is 7.00. The molecule has 6 nitrogen and oxygen atoms in total. The molecule has 2 unspecified atom stereocenters. The Kier molecular flexibility index (Phi) is 4.52. The number of aromatic nitrogens is 3. The predicted octanol–water partition coefficient (Wildman–Crippen LogP) is 0.827. The molecule has 0 aromatic carbocycles. The molecule has 0 radical (unpaired) electrons. The van der Waals surface area contributed by atoms with E-state index in [2.05, 4.69) is 46.3 Å². The molecule has 2 heterocycles. The Balaban J connectivity index is 1.92. The maximum Gasteiger partial charge on any atom is 0.291 e. The molecule has 0 bridgehead atoms. The number of hydrogen-bond acceptors (Lipinski definition) is 4. The summed E-state index contributed by atoms with van der Waals surface area (Å²) >= 11 is 0. The predicted molar refractivity (Wildman–Crippen MR) is 72.9 cm³/mol. The summed E-state index contributed by atoms with van der Waals surface area (Å²) in [7, 11) is 2.11. The minimum absolute atomic E-state index is 0.167. The van der Waals surface area contributed by atoms with Crippen molar-refractivity contribution in [3.63, 3.8) is 0 Å². The number of rotatable bonds is 4. The van der Waals surface area contributed by atoms with Crippen LogP contribution >= 0.6 is 0 Å². The molecule has 1 fully saturated rings. The van der Waals surface area contributed by atoms with E-state index in [1.54, 1.807) is 0 Å². The zero-order valence-electron chi connectivity index (χ0n) is 11.9. The molecule has 106 valence electrons. The Hall–Kier alpha value is -1.43. The van der Waals surface area contributed by atoms with Gasteiger partial charge in [0, 0.05) is 19.0 Å². The van der Waals surface area contributed by atoms with Crippen molar-refractivity contribution in [1.82, 2.24) is 25.4 Å². The number of aryl methyl sites for hydroxylation is 1. The Labute approximate surface area is 114 Å². The second kappa shape index (κ2) is 6.14. The van der Waals surface area contributed by atoms with E-state index in [0.717, 1.165) is 38.2 Å². The molecule has 19 heavy (non-hydrogen) atoms. The van der Waals surface area contributed by atoms with Crippen LogP contribution in [-0.2, 0) is 6.42 Å². The zero-order valence-corrected chi connectivity index (χ0v) is 11.9. The van der Waals surface area contributed by atoms with Crippen molar-refractivity contribution >= 4 is 5.91 Å². The standard InChI is InChI=1S/C13H23N5O/c1-4-5-11-15-12(17-16-11)13(19)14-10-6-7-18(3)8-9(10)2/h9-10H,4-8H2,1-3H3,(H,14,19)(H,15,16,17). The largest absolute Gasteiger partial charge is 0.346 e. The molecule has 0 aliphatic carbocycles. The van der Waals surface area contributed by atoms with Crippen molar-refractivity contribution < 1.29 is 4.79 Å². The Morgan fingerprint density at radius 1 is 1.58 bits per heavy atom. The van der Waals surface area contributed by atoms with Gasteiger partial charge in [0.25, 0.3) is 5.91 Å². The molecule has 1 amide bonds. The topological polar surface area (TPSA) is 73.9 Å². The van der Waals surface area contributed by atoms with Crippen molar-refractivity contribution in [2.24, 2.45) is 5.92 Å². The molecule has 1 aromatic rings. The first-order valence-electron chi connectivity index (χ1n) is 7.00. The average molecular weight is 265 g/mol. The highest BCUT2D eigenvalue weighted by molar-refractivity contribution is 5.90. The van der Waals surface area contributed by atoms with E-state index in [0.29, 0.717) is 5.92 Å². The van der Waals surface area contributed by atoms with Crippen molar-refractivity contribution in [3.05, 3.63) is 11.6 Å². The van der Waals surface area contributed by atoms with Crippen LogP contribution in [0.5, 0.6) is 0 Å². The number of amides is 1. The van der Waals surface area contributed by atoms with E-state index in [-0.39, 0.29) is 17.8 Å².